The molecule has 0 fully saturated rings. The fourth-order valence-corrected chi connectivity index (χ4v) is 0.721. The maximum atomic E-state index is 5.30. The summed E-state index contributed by atoms with van der Waals surface area (Å²) in [6.07, 6.45) is 1.73. The van der Waals surface area contributed by atoms with Gasteiger partial charge in [0.15, 0.2) is 0 Å². The number of benzene rings is 1. The summed E-state index contributed by atoms with van der Waals surface area (Å²) in [4.78, 5) is 0. The largest absolute Gasteiger partial charge is 0.490 e. The van der Waals surface area contributed by atoms with Crippen molar-refractivity contribution in [3.63, 3.8) is 0 Å². The standard InChI is InChI=1S/C9H8ClO/c10-7-4-8-11-9-5-2-1-3-6-9/h2-7H,8H2. The number of hydrogen-bond acceptors (Lipinski definition) is 1. The summed E-state index contributed by atoms with van der Waals surface area (Å²) in [5.74, 6) is 0.832. The molecule has 0 amide bonds. The summed E-state index contributed by atoms with van der Waals surface area (Å²) in [5.41, 5.74) is 1.44. The van der Waals surface area contributed by atoms with Crippen LogP contribution in [0.5, 0.6) is 5.75 Å². The van der Waals surface area contributed by atoms with Gasteiger partial charge < -0.3 is 4.74 Å². The van der Waals surface area contributed by atoms with Gasteiger partial charge in [-0.15, -0.1) is 0 Å². The van der Waals surface area contributed by atoms with Crippen molar-refractivity contribution in [3.8, 4) is 5.75 Å². The summed E-state index contributed by atoms with van der Waals surface area (Å²) >= 11 is 5.30. The molecule has 1 aromatic rings. The van der Waals surface area contributed by atoms with Crippen LogP contribution in [0.15, 0.2) is 35.9 Å². The molecule has 0 bridgehead atoms. The molecule has 0 saturated carbocycles. The molecule has 2 heteroatoms. The highest BCUT2D eigenvalue weighted by molar-refractivity contribution is 6.25. The van der Waals surface area contributed by atoms with Crippen LogP contribution in [-0.4, -0.2) is 6.61 Å². The molecule has 0 aromatic heterocycles. The van der Waals surface area contributed by atoms with Crippen molar-refractivity contribution in [2.75, 3.05) is 6.61 Å². The fourth-order valence-electron chi connectivity index (χ4n) is 0.649. The zero-order valence-electron chi connectivity index (χ0n) is 5.96. The van der Waals surface area contributed by atoms with E-state index in [9.17, 15) is 0 Å². The van der Waals surface area contributed by atoms with Gasteiger partial charge in [-0.2, -0.15) is 0 Å². The molecule has 0 aliphatic carbocycles. The van der Waals surface area contributed by atoms with Gasteiger partial charge in [0.25, 0.3) is 0 Å². The van der Waals surface area contributed by atoms with Crippen LogP contribution >= 0.6 is 11.6 Å². The Morgan fingerprint density at radius 2 is 2.18 bits per heavy atom. The second-order valence-corrected chi connectivity index (χ2v) is 2.16. The van der Waals surface area contributed by atoms with Crippen molar-refractivity contribution in [3.05, 3.63) is 41.9 Å². The van der Waals surface area contributed by atoms with Crippen molar-refractivity contribution >= 4 is 11.6 Å². The zero-order chi connectivity index (χ0) is 7.94. The summed E-state index contributed by atoms with van der Waals surface area (Å²) in [6.45, 7) is 0.507. The molecule has 0 heterocycles. The molecule has 0 unspecified atom stereocenters. The normalized spacial score (nSPS) is 10.3. The monoisotopic (exact) mass is 167 g/mol. The van der Waals surface area contributed by atoms with Gasteiger partial charge in [0.2, 0.25) is 0 Å². The predicted molar refractivity (Wildman–Crippen MR) is 45.8 cm³/mol. The SMILES string of the molecule is ClC=CCOc1cc[c]cc1. The van der Waals surface area contributed by atoms with E-state index < -0.39 is 0 Å². The van der Waals surface area contributed by atoms with Crippen LogP contribution in [0.25, 0.3) is 0 Å². The van der Waals surface area contributed by atoms with E-state index in [0.717, 1.165) is 5.75 Å². The third-order valence-electron chi connectivity index (χ3n) is 1.12. The minimum absolute atomic E-state index is 0.507. The van der Waals surface area contributed by atoms with Gasteiger partial charge in [0, 0.05) is 5.54 Å². The average molecular weight is 168 g/mol. The smallest absolute Gasteiger partial charge is 0.119 e. The van der Waals surface area contributed by atoms with Crippen LogP contribution in [0.2, 0.25) is 0 Å². The van der Waals surface area contributed by atoms with Crippen molar-refractivity contribution in [2.24, 2.45) is 0 Å². The van der Waals surface area contributed by atoms with E-state index in [2.05, 4.69) is 6.07 Å². The van der Waals surface area contributed by atoms with Crippen LogP contribution in [0, 0.1) is 6.07 Å². The molecule has 1 nitrogen and oxygen atoms in total. The van der Waals surface area contributed by atoms with E-state index in [4.69, 9.17) is 16.3 Å². The average Bonchev–Trinajstić information content (AvgIpc) is 2.07. The Morgan fingerprint density at radius 1 is 1.45 bits per heavy atom. The molecule has 0 atom stereocenters. The van der Waals surface area contributed by atoms with Crippen LogP contribution in [0.4, 0.5) is 0 Å². The van der Waals surface area contributed by atoms with E-state index in [1.165, 1.54) is 5.54 Å². The number of hydrogen-bond donors (Lipinski definition) is 0. The van der Waals surface area contributed by atoms with Gasteiger partial charge in [0.1, 0.15) is 12.4 Å². The Kier molecular flexibility index (Phi) is 3.56. The molecule has 0 aliphatic rings. The van der Waals surface area contributed by atoms with E-state index in [1.54, 1.807) is 18.2 Å². The van der Waals surface area contributed by atoms with E-state index in [0.29, 0.717) is 6.61 Å². The lowest BCUT2D eigenvalue weighted by Crippen LogP contribution is -1.91. The molecule has 57 valence electrons. The minimum atomic E-state index is 0.507. The van der Waals surface area contributed by atoms with E-state index >= 15 is 0 Å². The van der Waals surface area contributed by atoms with Gasteiger partial charge >= 0.3 is 0 Å². The molecular formula is C9H8ClO. The quantitative estimate of drug-likeness (QED) is 0.673. The Balaban J connectivity index is 2.39. The third kappa shape index (κ3) is 3.10. The molecule has 0 saturated heterocycles. The van der Waals surface area contributed by atoms with Gasteiger partial charge in [-0.05, 0) is 24.3 Å². The molecular weight excluding hydrogens is 160 g/mol. The number of rotatable bonds is 3. The predicted octanol–water partition coefficient (Wildman–Crippen LogP) is 2.62. The minimum Gasteiger partial charge on any atom is -0.490 e. The highest BCUT2D eigenvalue weighted by Gasteiger charge is 1.85. The maximum Gasteiger partial charge on any atom is 0.119 e. The van der Waals surface area contributed by atoms with Gasteiger partial charge in [-0.25, -0.2) is 0 Å². The highest BCUT2D eigenvalue weighted by Crippen LogP contribution is 2.07. The summed E-state index contributed by atoms with van der Waals surface area (Å²) in [7, 11) is 0. The molecule has 1 aromatic carbocycles. The lowest BCUT2D eigenvalue weighted by Gasteiger charge is -2.00. The molecule has 11 heavy (non-hydrogen) atoms. The van der Waals surface area contributed by atoms with E-state index in [1.807, 2.05) is 12.1 Å². The topological polar surface area (TPSA) is 9.23 Å². The van der Waals surface area contributed by atoms with Crippen molar-refractivity contribution < 1.29 is 4.74 Å². The summed E-state index contributed by atoms with van der Waals surface area (Å²) in [6, 6.07) is 10.2. The van der Waals surface area contributed by atoms with Crippen molar-refractivity contribution in [1.82, 2.24) is 0 Å². The summed E-state index contributed by atoms with van der Waals surface area (Å²) < 4.78 is 5.26. The Labute approximate surface area is 71.3 Å². The Bertz CT molecular complexity index is 218. The third-order valence-corrected chi connectivity index (χ3v) is 1.30. The first kappa shape index (κ1) is 8.15. The van der Waals surface area contributed by atoms with Crippen molar-refractivity contribution in [2.45, 2.75) is 0 Å². The molecule has 1 radical (unpaired) electrons. The Morgan fingerprint density at radius 3 is 2.82 bits per heavy atom. The van der Waals surface area contributed by atoms with Crippen LogP contribution in [0.1, 0.15) is 0 Å². The van der Waals surface area contributed by atoms with E-state index in [-0.39, 0.29) is 0 Å². The second kappa shape index (κ2) is 4.80. The van der Waals surface area contributed by atoms with Crippen molar-refractivity contribution in [1.29, 1.82) is 0 Å². The molecule has 0 spiro atoms. The lowest BCUT2D eigenvalue weighted by atomic mass is 10.3. The number of ether oxygens (including phenoxy) is 1. The van der Waals surface area contributed by atoms with Gasteiger partial charge in [0.05, 0.1) is 0 Å². The first-order valence-electron chi connectivity index (χ1n) is 3.27. The lowest BCUT2D eigenvalue weighted by molar-refractivity contribution is 0.363. The van der Waals surface area contributed by atoms with Gasteiger partial charge in [-0.3, -0.25) is 0 Å². The molecule has 0 aliphatic heterocycles. The molecule has 0 N–H and O–H groups in total. The summed E-state index contributed by atoms with van der Waals surface area (Å²) in [5, 5.41) is 0. The molecule has 1 rings (SSSR count). The first-order valence-corrected chi connectivity index (χ1v) is 3.71. The van der Waals surface area contributed by atoms with Crippen LogP contribution < -0.4 is 4.74 Å². The van der Waals surface area contributed by atoms with Crippen LogP contribution in [-0.2, 0) is 0 Å². The maximum absolute atomic E-state index is 5.30. The fraction of sp³-hybridized carbons (Fsp3) is 0.111. The van der Waals surface area contributed by atoms with Gasteiger partial charge in [-0.1, -0.05) is 23.7 Å². The first-order chi connectivity index (χ1) is 5.43. The zero-order valence-corrected chi connectivity index (χ0v) is 6.71. The van der Waals surface area contributed by atoms with Crippen LogP contribution in [0.3, 0.4) is 0 Å². The number of halogens is 1. The highest BCUT2D eigenvalue weighted by atomic mass is 35.5. The Hall–Kier alpha value is -0.950. The second-order valence-electron chi connectivity index (χ2n) is 1.91.